The molecule has 1 aliphatic heterocycles. The van der Waals surface area contributed by atoms with E-state index in [1.165, 1.54) is 18.9 Å². The van der Waals surface area contributed by atoms with E-state index in [2.05, 4.69) is 9.62 Å². The summed E-state index contributed by atoms with van der Waals surface area (Å²) >= 11 is 5.64. The second-order valence-corrected chi connectivity index (χ2v) is 7.51. The first-order chi connectivity index (χ1) is 11.0. The van der Waals surface area contributed by atoms with E-state index in [0.29, 0.717) is 5.69 Å². The first-order valence-corrected chi connectivity index (χ1v) is 9.15. The summed E-state index contributed by atoms with van der Waals surface area (Å²) in [5.41, 5.74) is 1.53. The molecule has 1 heterocycles. The smallest absolute Gasteiger partial charge is 0.261 e. The zero-order valence-electron chi connectivity index (χ0n) is 12.3. The van der Waals surface area contributed by atoms with Gasteiger partial charge in [0.05, 0.1) is 9.92 Å². The fourth-order valence-corrected chi connectivity index (χ4v) is 3.90. The van der Waals surface area contributed by atoms with Crippen molar-refractivity contribution in [3.8, 4) is 0 Å². The maximum absolute atomic E-state index is 13.2. The number of halogens is 2. The van der Waals surface area contributed by atoms with E-state index in [4.69, 9.17) is 11.6 Å². The van der Waals surface area contributed by atoms with E-state index in [9.17, 15) is 12.8 Å². The number of nitrogens with zero attached hydrogens (tertiary/aromatic N) is 1. The molecule has 0 unspecified atom stereocenters. The number of hydrogen-bond acceptors (Lipinski definition) is 3. The van der Waals surface area contributed by atoms with Gasteiger partial charge in [-0.05, 0) is 55.3 Å². The molecule has 0 saturated carbocycles. The lowest BCUT2D eigenvalue weighted by molar-refractivity contribution is 0.599. The molecule has 3 rings (SSSR count). The summed E-state index contributed by atoms with van der Waals surface area (Å²) in [5, 5.41) is -0.225. The lowest BCUT2D eigenvalue weighted by atomic mass is 10.2. The van der Waals surface area contributed by atoms with Crippen LogP contribution in [0.3, 0.4) is 0 Å². The summed E-state index contributed by atoms with van der Waals surface area (Å²) in [6, 6.07) is 10.5. The number of nitrogens with one attached hydrogen (secondary N) is 1. The van der Waals surface area contributed by atoms with Gasteiger partial charge in [-0.25, -0.2) is 12.8 Å². The molecule has 0 atom stereocenters. The van der Waals surface area contributed by atoms with Crippen LogP contribution in [-0.4, -0.2) is 21.5 Å². The largest absolute Gasteiger partial charge is 0.372 e. The van der Waals surface area contributed by atoms with Gasteiger partial charge in [-0.2, -0.15) is 0 Å². The fraction of sp³-hybridized carbons (Fsp3) is 0.250. The first-order valence-electron chi connectivity index (χ1n) is 7.29. The zero-order chi connectivity index (χ0) is 16.4. The Morgan fingerprint density at radius 1 is 1.04 bits per heavy atom. The predicted molar refractivity (Wildman–Crippen MR) is 90.1 cm³/mol. The Kier molecular flexibility index (Phi) is 4.46. The molecule has 7 heteroatoms. The van der Waals surface area contributed by atoms with Gasteiger partial charge in [-0.3, -0.25) is 4.72 Å². The standard InChI is InChI=1S/C16H16ClFN2O2S/c17-15-11-14(7-8-16(15)18)23(21,22)19-12-3-5-13(6-4-12)20-9-1-2-10-20/h3-8,11,19H,1-2,9-10H2. The second-order valence-electron chi connectivity index (χ2n) is 5.42. The summed E-state index contributed by atoms with van der Waals surface area (Å²) < 4.78 is 40.2. The predicted octanol–water partition coefficient (Wildman–Crippen LogP) is 3.88. The van der Waals surface area contributed by atoms with Crippen LogP contribution in [0.4, 0.5) is 15.8 Å². The van der Waals surface area contributed by atoms with Crippen molar-refractivity contribution in [2.45, 2.75) is 17.7 Å². The minimum atomic E-state index is -3.80. The average molecular weight is 355 g/mol. The molecule has 2 aromatic carbocycles. The second kappa shape index (κ2) is 6.37. The van der Waals surface area contributed by atoms with Gasteiger partial charge >= 0.3 is 0 Å². The van der Waals surface area contributed by atoms with E-state index in [1.54, 1.807) is 12.1 Å². The van der Waals surface area contributed by atoms with Crippen molar-refractivity contribution in [1.29, 1.82) is 0 Å². The summed E-state index contributed by atoms with van der Waals surface area (Å²) in [6.07, 6.45) is 2.36. The Bertz CT molecular complexity index is 803. The maximum Gasteiger partial charge on any atom is 0.261 e. The molecule has 2 aromatic rings. The SMILES string of the molecule is O=S(=O)(Nc1ccc(N2CCCC2)cc1)c1ccc(F)c(Cl)c1. The molecule has 1 fully saturated rings. The summed E-state index contributed by atoms with van der Waals surface area (Å²) in [7, 11) is -3.80. The van der Waals surface area contributed by atoms with Crippen molar-refractivity contribution in [3.63, 3.8) is 0 Å². The molecule has 0 radical (unpaired) electrons. The first kappa shape index (κ1) is 16.1. The molecule has 122 valence electrons. The zero-order valence-corrected chi connectivity index (χ0v) is 13.9. The van der Waals surface area contributed by atoms with E-state index < -0.39 is 15.8 Å². The molecule has 1 saturated heterocycles. The molecule has 0 bridgehead atoms. The third-order valence-corrected chi connectivity index (χ3v) is 5.46. The average Bonchev–Trinajstić information content (AvgIpc) is 3.04. The van der Waals surface area contributed by atoms with Crippen molar-refractivity contribution in [2.75, 3.05) is 22.7 Å². The van der Waals surface area contributed by atoms with Crippen LogP contribution in [0, 0.1) is 5.82 Å². The highest BCUT2D eigenvalue weighted by Crippen LogP contribution is 2.25. The lowest BCUT2D eigenvalue weighted by Gasteiger charge is -2.18. The third-order valence-electron chi connectivity index (χ3n) is 3.79. The van der Waals surface area contributed by atoms with Crippen molar-refractivity contribution in [2.24, 2.45) is 0 Å². The molecule has 1 aliphatic rings. The molecule has 0 amide bonds. The highest BCUT2D eigenvalue weighted by Gasteiger charge is 2.17. The van der Waals surface area contributed by atoms with Gasteiger partial charge in [0.15, 0.2) is 0 Å². The fourth-order valence-electron chi connectivity index (χ4n) is 2.57. The number of hydrogen-bond donors (Lipinski definition) is 1. The molecular formula is C16H16ClFN2O2S. The highest BCUT2D eigenvalue weighted by molar-refractivity contribution is 7.92. The van der Waals surface area contributed by atoms with Gasteiger partial charge in [-0.15, -0.1) is 0 Å². The van der Waals surface area contributed by atoms with E-state index in [0.717, 1.165) is 30.9 Å². The number of rotatable bonds is 4. The van der Waals surface area contributed by atoms with Gasteiger partial charge < -0.3 is 4.90 Å². The summed E-state index contributed by atoms with van der Waals surface area (Å²) in [5.74, 6) is -0.652. The third kappa shape index (κ3) is 3.59. The van der Waals surface area contributed by atoms with Gasteiger partial charge in [0.2, 0.25) is 0 Å². The Morgan fingerprint density at radius 2 is 1.70 bits per heavy atom. The molecule has 4 nitrogen and oxygen atoms in total. The summed E-state index contributed by atoms with van der Waals surface area (Å²) in [6.45, 7) is 2.05. The minimum Gasteiger partial charge on any atom is -0.372 e. The molecule has 0 spiro atoms. The van der Waals surface area contributed by atoms with Gasteiger partial charge in [0.1, 0.15) is 5.82 Å². The van der Waals surface area contributed by atoms with Crippen LogP contribution >= 0.6 is 11.6 Å². The molecule has 0 aromatic heterocycles. The van der Waals surface area contributed by atoms with Gasteiger partial charge in [-0.1, -0.05) is 11.6 Å². The highest BCUT2D eigenvalue weighted by atomic mass is 35.5. The molecule has 23 heavy (non-hydrogen) atoms. The van der Waals surface area contributed by atoms with Crippen molar-refractivity contribution < 1.29 is 12.8 Å². The van der Waals surface area contributed by atoms with Crippen LogP contribution in [0.15, 0.2) is 47.4 Å². The van der Waals surface area contributed by atoms with Crippen molar-refractivity contribution in [3.05, 3.63) is 53.3 Å². The Labute approximate surface area is 139 Å². The van der Waals surface area contributed by atoms with Crippen LogP contribution in [0.1, 0.15) is 12.8 Å². The van der Waals surface area contributed by atoms with E-state index in [-0.39, 0.29) is 9.92 Å². The Hall–Kier alpha value is -1.79. The molecule has 1 N–H and O–H groups in total. The maximum atomic E-state index is 13.2. The van der Waals surface area contributed by atoms with Gasteiger partial charge in [0.25, 0.3) is 10.0 Å². The quantitative estimate of drug-likeness (QED) is 0.906. The molecule has 0 aliphatic carbocycles. The number of anilines is 2. The van der Waals surface area contributed by atoms with Crippen LogP contribution in [0.25, 0.3) is 0 Å². The monoisotopic (exact) mass is 354 g/mol. The number of benzene rings is 2. The van der Waals surface area contributed by atoms with Crippen LogP contribution in [-0.2, 0) is 10.0 Å². The van der Waals surface area contributed by atoms with Crippen LogP contribution < -0.4 is 9.62 Å². The van der Waals surface area contributed by atoms with Crippen molar-refractivity contribution >= 4 is 33.0 Å². The Morgan fingerprint density at radius 3 is 2.30 bits per heavy atom. The molecular weight excluding hydrogens is 339 g/mol. The Balaban J connectivity index is 1.78. The number of sulfonamides is 1. The normalized spacial score (nSPS) is 15.0. The van der Waals surface area contributed by atoms with E-state index in [1.807, 2.05) is 12.1 Å². The van der Waals surface area contributed by atoms with Crippen LogP contribution in [0.5, 0.6) is 0 Å². The van der Waals surface area contributed by atoms with E-state index >= 15 is 0 Å². The minimum absolute atomic E-state index is 0.0764. The van der Waals surface area contributed by atoms with Crippen LogP contribution in [0.2, 0.25) is 5.02 Å². The van der Waals surface area contributed by atoms with Gasteiger partial charge in [0, 0.05) is 24.5 Å². The topological polar surface area (TPSA) is 49.4 Å². The van der Waals surface area contributed by atoms with Crippen molar-refractivity contribution in [1.82, 2.24) is 0 Å². The summed E-state index contributed by atoms with van der Waals surface area (Å²) in [4.78, 5) is 2.19. The lowest BCUT2D eigenvalue weighted by Crippen LogP contribution is -2.17.